The van der Waals surface area contributed by atoms with Gasteiger partial charge in [0.05, 0.1) is 5.56 Å². The van der Waals surface area contributed by atoms with E-state index in [9.17, 15) is 26.7 Å². The van der Waals surface area contributed by atoms with E-state index in [2.05, 4.69) is 4.90 Å². The summed E-state index contributed by atoms with van der Waals surface area (Å²) >= 11 is 0. The Labute approximate surface area is 205 Å². The minimum absolute atomic E-state index is 0.0402. The molecule has 0 saturated carbocycles. The summed E-state index contributed by atoms with van der Waals surface area (Å²) in [4.78, 5) is 26.3. The molecule has 2 heterocycles. The molecule has 1 N–H and O–H groups in total. The second-order valence-electron chi connectivity index (χ2n) is 8.62. The first kappa shape index (κ1) is 27.4. The van der Waals surface area contributed by atoms with Crippen molar-refractivity contribution in [1.29, 1.82) is 0 Å². The first-order valence-electron chi connectivity index (χ1n) is 11.6. The Hall–Kier alpha value is -3.21. The summed E-state index contributed by atoms with van der Waals surface area (Å²) in [5.74, 6) is -3.50. The molecule has 0 aliphatic carbocycles. The molecule has 4 rings (SSSR count). The smallest absolute Gasteiger partial charge is 0.489 e. The minimum Gasteiger partial charge on any atom is -0.489 e. The molecular weight excluding hydrogens is 487 g/mol. The Kier molecular flexibility index (Phi) is 9.25. The second kappa shape index (κ2) is 12.2. The fourth-order valence-corrected chi connectivity index (χ4v) is 4.24. The number of ether oxygens (including phenoxy) is 1. The number of halogens is 5. The van der Waals surface area contributed by atoms with Crippen LogP contribution in [0.5, 0.6) is 5.75 Å². The van der Waals surface area contributed by atoms with Gasteiger partial charge in [-0.3, -0.25) is 4.79 Å². The van der Waals surface area contributed by atoms with E-state index in [1.165, 1.54) is 31.0 Å². The molecule has 1 amide bonds. The van der Waals surface area contributed by atoms with E-state index in [0.29, 0.717) is 11.3 Å². The van der Waals surface area contributed by atoms with E-state index < -0.39 is 23.8 Å². The third-order valence-corrected chi connectivity index (χ3v) is 6.09. The third kappa shape index (κ3) is 7.39. The largest absolute Gasteiger partial charge is 0.490 e. The van der Waals surface area contributed by atoms with Gasteiger partial charge in [0.25, 0.3) is 5.91 Å². The molecule has 0 unspecified atom stereocenters. The van der Waals surface area contributed by atoms with Gasteiger partial charge in [0.15, 0.2) is 0 Å². The standard InChI is InChI=1S/C23H26F2N2O2.C2HF3O2/c24-21-6-3-7-22(25)20(21)16-29-19-10-8-17(9-11-19)23(28)27-14-4-5-18(27)15-26-12-1-2-13-26;3-2(4,5)1(6)7/h3,6-11,18H,1-2,4-5,12-16H2;(H,6,7)/t18-;/m0./s1. The van der Waals surface area contributed by atoms with E-state index in [-0.39, 0.29) is 24.1 Å². The Balaban J connectivity index is 0.000000454. The van der Waals surface area contributed by atoms with Gasteiger partial charge < -0.3 is 19.6 Å². The zero-order chi connectivity index (χ0) is 26.3. The van der Waals surface area contributed by atoms with Crippen molar-refractivity contribution in [2.45, 2.75) is 44.5 Å². The first-order chi connectivity index (χ1) is 17.1. The number of nitrogens with zero attached hydrogens (tertiary/aromatic N) is 2. The predicted molar refractivity (Wildman–Crippen MR) is 121 cm³/mol. The molecule has 0 spiro atoms. The van der Waals surface area contributed by atoms with Gasteiger partial charge in [0, 0.05) is 24.7 Å². The monoisotopic (exact) mass is 514 g/mol. The number of carboxylic acid groups (broad SMARTS) is 1. The van der Waals surface area contributed by atoms with Crippen LogP contribution in [0, 0.1) is 11.6 Å². The van der Waals surface area contributed by atoms with Crippen LogP contribution in [0.25, 0.3) is 0 Å². The van der Waals surface area contributed by atoms with Crippen LogP contribution in [0.1, 0.15) is 41.6 Å². The molecule has 36 heavy (non-hydrogen) atoms. The van der Waals surface area contributed by atoms with Gasteiger partial charge in [-0.25, -0.2) is 13.6 Å². The van der Waals surface area contributed by atoms with Gasteiger partial charge in [0.1, 0.15) is 24.0 Å². The van der Waals surface area contributed by atoms with Crippen molar-refractivity contribution < 1.29 is 41.4 Å². The van der Waals surface area contributed by atoms with Crippen molar-refractivity contribution in [3.8, 4) is 5.75 Å². The average molecular weight is 514 g/mol. The maximum absolute atomic E-state index is 13.7. The van der Waals surface area contributed by atoms with E-state index in [1.807, 2.05) is 4.90 Å². The van der Waals surface area contributed by atoms with Crippen LogP contribution in [-0.2, 0) is 11.4 Å². The molecule has 196 valence electrons. The number of carboxylic acids is 1. The van der Waals surface area contributed by atoms with Gasteiger partial charge >= 0.3 is 12.1 Å². The minimum atomic E-state index is -5.08. The Morgan fingerprint density at radius 1 is 0.944 bits per heavy atom. The van der Waals surface area contributed by atoms with E-state index in [1.54, 1.807) is 24.3 Å². The van der Waals surface area contributed by atoms with Crippen LogP contribution in [-0.4, -0.2) is 65.2 Å². The SMILES string of the molecule is O=C(O)C(F)(F)F.O=C(c1ccc(OCc2c(F)cccc2F)cc1)N1CCC[C@H]1CN1CCCC1. The molecule has 1 atom stereocenters. The molecule has 11 heteroatoms. The number of carbonyl (C=O) groups excluding carboxylic acids is 1. The first-order valence-corrected chi connectivity index (χ1v) is 11.6. The molecule has 2 aromatic carbocycles. The molecule has 2 aliphatic rings. The number of benzene rings is 2. The number of likely N-dealkylation sites (tertiary alicyclic amines) is 2. The van der Waals surface area contributed by atoms with Gasteiger partial charge in [-0.2, -0.15) is 13.2 Å². The van der Waals surface area contributed by atoms with Crippen LogP contribution in [0.15, 0.2) is 42.5 Å². The molecule has 2 aliphatic heterocycles. The van der Waals surface area contributed by atoms with Crippen molar-refractivity contribution in [3.05, 3.63) is 65.2 Å². The highest BCUT2D eigenvalue weighted by atomic mass is 19.4. The highest BCUT2D eigenvalue weighted by Gasteiger charge is 2.38. The fraction of sp³-hybridized carbons (Fsp3) is 0.440. The molecule has 2 aromatic rings. The zero-order valence-electron chi connectivity index (χ0n) is 19.4. The number of aliphatic carboxylic acids is 1. The zero-order valence-corrected chi connectivity index (χ0v) is 19.4. The van der Waals surface area contributed by atoms with Crippen molar-refractivity contribution in [3.63, 3.8) is 0 Å². The lowest BCUT2D eigenvalue weighted by atomic mass is 10.1. The summed E-state index contributed by atoms with van der Waals surface area (Å²) in [7, 11) is 0. The fourth-order valence-electron chi connectivity index (χ4n) is 4.24. The number of alkyl halides is 3. The van der Waals surface area contributed by atoms with Gasteiger partial charge in [0.2, 0.25) is 0 Å². The number of rotatable bonds is 6. The molecule has 2 saturated heterocycles. The molecule has 6 nitrogen and oxygen atoms in total. The van der Waals surface area contributed by atoms with E-state index in [4.69, 9.17) is 14.6 Å². The van der Waals surface area contributed by atoms with Crippen molar-refractivity contribution in [2.24, 2.45) is 0 Å². The normalized spacial score (nSPS) is 18.0. The lowest BCUT2D eigenvalue weighted by Gasteiger charge is -2.28. The second-order valence-corrected chi connectivity index (χ2v) is 8.62. The average Bonchev–Trinajstić information content (AvgIpc) is 3.51. The van der Waals surface area contributed by atoms with Gasteiger partial charge in [-0.15, -0.1) is 0 Å². The molecule has 0 aromatic heterocycles. The number of carbonyl (C=O) groups is 2. The van der Waals surface area contributed by atoms with E-state index in [0.717, 1.165) is 39.0 Å². The van der Waals surface area contributed by atoms with Crippen molar-refractivity contribution in [2.75, 3.05) is 26.2 Å². The number of amides is 1. The lowest BCUT2D eigenvalue weighted by Crippen LogP contribution is -2.42. The predicted octanol–water partition coefficient (Wildman–Crippen LogP) is 4.88. The van der Waals surface area contributed by atoms with Gasteiger partial charge in [-0.05, 0) is 75.2 Å². The molecule has 0 radical (unpaired) electrons. The lowest BCUT2D eigenvalue weighted by molar-refractivity contribution is -0.192. The highest BCUT2D eigenvalue weighted by molar-refractivity contribution is 5.94. The topological polar surface area (TPSA) is 70.1 Å². The Morgan fingerprint density at radius 3 is 2.08 bits per heavy atom. The van der Waals surface area contributed by atoms with E-state index >= 15 is 0 Å². The van der Waals surface area contributed by atoms with Crippen LogP contribution in [0.4, 0.5) is 22.0 Å². The quantitative estimate of drug-likeness (QED) is 0.557. The molecule has 0 bridgehead atoms. The third-order valence-electron chi connectivity index (χ3n) is 6.09. The maximum atomic E-state index is 13.7. The maximum Gasteiger partial charge on any atom is 0.490 e. The summed E-state index contributed by atoms with van der Waals surface area (Å²) in [6, 6.07) is 10.8. The summed E-state index contributed by atoms with van der Waals surface area (Å²) in [5.41, 5.74) is 0.511. The highest BCUT2D eigenvalue weighted by Crippen LogP contribution is 2.24. The van der Waals surface area contributed by atoms with Crippen LogP contribution in [0.3, 0.4) is 0 Å². The summed E-state index contributed by atoms with van der Waals surface area (Å²) in [6.07, 6.45) is -0.491. The summed E-state index contributed by atoms with van der Waals surface area (Å²) < 4.78 is 64.7. The van der Waals surface area contributed by atoms with Crippen molar-refractivity contribution >= 4 is 11.9 Å². The van der Waals surface area contributed by atoms with Crippen LogP contribution >= 0.6 is 0 Å². The van der Waals surface area contributed by atoms with Crippen molar-refractivity contribution in [1.82, 2.24) is 9.80 Å². The van der Waals surface area contributed by atoms with Crippen LogP contribution < -0.4 is 4.74 Å². The Morgan fingerprint density at radius 2 is 1.53 bits per heavy atom. The molecule has 2 fully saturated rings. The number of hydrogen-bond donors (Lipinski definition) is 1. The number of hydrogen-bond acceptors (Lipinski definition) is 4. The molecular formula is C25H27F5N2O4. The Bertz CT molecular complexity index is 1020. The summed E-state index contributed by atoms with van der Waals surface area (Å²) in [5, 5.41) is 7.12. The van der Waals surface area contributed by atoms with Crippen LogP contribution in [0.2, 0.25) is 0 Å². The summed E-state index contributed by atoms with van der Waals surface area (Å²) in [6.45, 7) is 3.82. The van der Waals surface area contributed by atoms with Gasteiger partial charge in [-0.1, -0.05) is 6.07 Å².